The summed E-state index contributed by atoms with van der Waals surface area (Å²) < 4.78 is 24.1. The first-order valence-corrected chi connectivity index (χ1v) is 9.29. The monoisotopic (exact) mass is 429 g/mol. The van der Waals surface area contributed by atoms with Crippen LogP contribution in [0.15, 0.2) is 40.7 Å². The molecule has 1 N–H and O–H groups in total. The zero-order chi connectivity index (χ0) is 21.2. The Bertz CT molecular complexity index is 871. The van der Waals surface area contributed by atoms with Crippen molar-refractivity contribution in [1.29, 1.82) is 0 Å². The predicted octanol–water partition coefficient (Wildman–Crippen LogP) is 4.69. The van der Waals surface area contributed by atoms with Gasteiger partial charge in [-0.3, -0.25) is 0 Å². The van der Waals surface area contributed by atoms with Gasteiger partial charge in [0.25, 0.3) is 0 Å². The number of dihydropyridines is 1. The molecule has 0 radical (unpaired) electrons. The maximum absolute atomic E-state index is 13.7. The molecule has 0 bridgehead atoms. The molecule has 1 aromatic rings. The highest BCUT2D eigenvalue weighted by Gasteiger charge is 2.40. The minimum atomic E-state index is -1.000. The number of alkyl halides is 1. The maximum atomic E-state index is 13.7. The van der Waals surface area contributed by atoms with Crippen molar-refractivity contribution in [3.8, 4) is 0 Å². The van der Waals surface area contributed by atoms with E-state index < -0.39 is 30.1 Å². The third-order valence-corrected chi connectivity index (χ3v) is 4.93. The van der Waals surface area contributed by atoms with Gasteiger partial charge in [-0.15, -0.1) is 0 Å². The van der Waals surface area contributed by atoms with Crippen LogP contribution < -0.4 is 5.32 Å². The number of nitrogens with one attached hydrogen (secondary N) is 1. The van der Waals surface area contributed by atoms with Crippen molar-refractivity contribution in [3.63, 3.8) is 0 Å². The van der Waals surface area contributed by atoms with E-state index in [4.69, 9.17) is 32.7 Å². The van der Waals surface area contributed by atoms with E-state index in [1.54, 1.807) is 45.9 Å². The second kappa shape index (κ2) is 8.53. The molecule has 0 saturated heterocycles. The van der Waals surface area contributed by atoms with Crippen molar-refractivity contribution < 1.29 is 23.5 Å². The summed E-state index contributed by atoms with van der Waals surface area (Å²) in [6.45, 7) is 5.82. The van der Waals surface area contributed by atoms with Gasteiger partial charge in [-0.25, -0.2) is 14.0 Å². The molecule has 1 atom stereocenters. The molecule has 1 aliphatic rings. The summed E-state index contributed by atoms with van der Waals surface area (Å²) in [6, 6.07) is 4.84. The molecule has 1 aromatic carbocycles. The van der Waals surface area contributed by atoms with Crippen molar-refractivity contribution in [1.82, 2.24) is 5.32 Å². The highest BCUT2D eigenvalue weighted by Crippen LogP contribution is 2.43. The highest BCUT2D eigenvalue weighted by molar-refractivity contribution is 6.42. The first kappa shape index (κ1) is 22.2. The summed E-state index contributed by atoms with van der Waals surface area (Å²) in [5.74, 6) is -2.44. The van der Waals surface area contributed by atoms with E-state index in [1.807, 2.05) is 0 Å². The van der Waals surface area contributed by atoms with Crippen molar-refractivity contribution in [2.24, 2.45) is 0 Å². The average Bonchev–Trinajstić information content (AvgIpc) is 2.60. The average molecular weight is 430 g/mol. The first-order chi connectivity index (χ1) is 13.0. The molecule has 152 valence electrons. The van der Waals surface area contributed by atoms with Gasteiger partial charge in [-0.1, -0.05) is 35.3 Å². The van der Waals surface area contributed by atoms with Crippen LogP contribution >= 0.6 is 23.2 Å². The lowest BCUT2D eigenvalue weighted by Crippen LogP contribution is -2.36. The number of allylic oxidation sites excluding steroid dienone is 2. The largest absolute Gasteiger partial charge is 0.466 e. The van der Waals surface area contributed by atoms with Crippen molar-refractivity contribution in [3.05, 3.63) is 56.3 Å². The van der Waals surface area contributed by atoms with E-state index in [0.29, 0.717) is 11.3 Å². The molecule has 0 fully saturated rings. The number of rotatable bonds is 4. The smallest absolute Gasteiger partial charge is 0.337 e. The topological polar surface area (TPSA) is 64.6 Å². The number of hydrogen-bond donors (Lipinski definition) is 1. The zero-order valence-corrected chi connectivity index (χ0v) is 17.8. The quantitative estimate of drug-likeness (QED) is 0.703. The van der Waals surface area contributed by atoms with E-state index in [2.05, 4.69) is 5.32 Å². The lowest BCUT2D eigenvalue weighted by molar-refractivity contribution is -0.150. The van der Waals surface area contributed by atoms with Gasteiger partial charge in [-0.05, 0) is 39.3 Å². The summed E-state index contributed by atoms with van der Waals surface area (Å²) in [5.41, 5.74) is 0.0376. The Balaban J connectivity index is 2.77. The van der Waals surface area contributed by atoms with E-state index in [0.717, 1.165) is 0 Å². The first-order valence-electron chi connectivity index (χ1n) is 8.54. The van der Waals surface area contributed by atoms with Crippen LogP contribution in [0.5, 0.6) is 0 Å². The van der Waals surface area contributed by atoms with Crippen LogP contribution in [0.25, 0.3) is 0 Å². The van der Waals surface area contributed by atoms with Gasteiger partial charge in [0.1, 0.15) is 12.3 Å². The van der Waals surface area contributed by atoms with Gasteiger partial charge < -0.3 is 14.8 Å². The molecule has 28 heavy (non-hydrogen) atoms. The van der Waals surface area contributed by atoms with Gasteiger partial charge in [0.2, 0.25) is 0 Å². The number of hydrogen-bond acceptors (Lipinski definition) is 5. The third-order valence-electron chi connectivity index (χ3n) is 4.10. The number of carbonyl (C=O) groups is 2. The van der Waals surface area contributed by atoms with Gasteiger partial charge in [0, 0.05) is 5.70 Å². The SMILES string of the molecule is COC(=O)C1=C(CF)NC(C)=C(C(=O)OC(C)(C)C)C1c1cccc(Cl)c1Cl. The Morgan fingerprint density at radius 2 is 1.82 bits per heavy atom. The van der Waals surface area contributed by atoms with Crippen LogP contribution in [0.1, 0.15) is 39.2 Å². The Kier molecular flexibility index (Phi) is 6.78. The van der Waals surface area contributed by atoms with Gasteiger partial charge in [0.05, 0.1) is 39.9 Å². The molecule has 0 amide bonds. The second-order valence-corrected chi connectivity index (χ2v) is 8.04. The second-order valence-electron chi connectivity index (χ2n) is 7.26. The number of esters is 2. The number of methoxy groups -OCH3 is 1. The number of halogens is 3. The molecule has 0 aliphatic carbocycles. The van der Waals surface area contributed by atoms with Crippen LogP contribution in [0.3, 0.4) is 0 Å². The number of carbonyl (C=O) groups excluding carboxylic acids is 2. The summed E-state index contributed by atoms with van der Waals surface area (Å²) in [5, 5.41) is 3.19. The Morgan fingerprint density at radius 3 is 2.36 bits per heavy atom. The molecule has 8 heteroatoms. The van der Waals surface area contributed by atoms with E-state index in [9.17, 15) is 14.0 Å². The molecule has 1 heterocycles. The van der Waals surface area contributed by atoms with Crippen LogP contribution in [0.4, 0.5) is 4.39 Å². The van der Waals surface area contributed by atoms with E-state index in [1.165, 1.54) is 7.11 Å². The minimum Gasteiger partial charge on any atom is -0.466 e. The highest BCUT2D eigenvalue weighted by atomic mass is 35.5. The fourth-order valence-electron chi connectivity index (χ4n) is 3.01. The minimum absolute atomic E-state index is 0.00213. The van der Waals surface area contributed by atoms with Gasteiger partial charge in [0.15, 0.2) is 0 Å². The number of ether oxygens (including phenoxy) is 2. The number of benzene rings is 1. The fraction of sp³-hybridized carbons (Fsp3) is 0.400. The van der Waals surface area contributed by atoms with Crippen LogP contribution in [0, 0.1) is 0 Å². The van der Waals surface area contributed by atoms with Crippen LogP contribution in [-0.2, 0) is 19.1 Å². The summed E-state index contributed by atoms with van der Waals surface area (Å²) in [6.07, 6.45) is 0. The predicted molar refractivity (Wildman–Crippen MR) is 106 cm³/mol. The fourth-order valence-corrected chi connectivity index (χ4v) is 3.43. The zero-order valence-electron chi connectivity index (χ0n) is 16.3. The van der Waals surface area contributed by atoms with Crippen molar-refractivity contribution in [2.45, 2.75) is 39.2 Å². The van der Waals surface area contributed by atoms with E-state index in [-0.39, 0.29) is 26.9 Å². The summed E-state index contributed by atoms with van der Waals surface area (Å²) >= 11 is 12.5. The van der Waals surface area contributed by atoms with E-state index >= 15 is 0 Å². The van der Waals surface area contributed by atoms with Crippen LogP contribution in [0.2, 0.25) is 10.0 Å². The molecule has 5 nitrogen and oxygen atoms in total. The van der Waals surface area contributed by atoms with Crippen LogP contribution in [-0.4, -0.2) is 31.3 Å². The lowest BCUT2D eigenvalue weighted by atomic mass is 9.80. The summed E-state index contributed by atoms with van der Waals surface area (Å²) in [7, 11) is 1.18. The van der Waals surface area contributed by atoms with Gasteiger partial charge in [-0.2, -0.15) is 0 Å². The third kappa shape index (κ3) is 4.50. The molecular formula is C20H22Cl2FNO4. The molecule has 1 aliphatic heterocycles. The lowest BCUT2D eigenvalue weighted by Gasteiger charge is -2.32. The standard InChI is InChI=1S/C20H22Cl2FNO4/c1-10-14(19(26)28-20(2,3)4)15(11-7-6-8-12(21)17(11)22)16(18(25)27-5)13(9-23)24-10/h6-8,15,24H,9H2,1-5H3. The molecule has 2 rings (SSSR count). The van der Waals surface area contributed by atoms with Gasteiger partial charge >= 0.3 is 11.9 Å². The Hall–Kier alpha value is -2.05. The maximum Gasteiger partial charge on any atom is 0.337 e. The Morgan fingerprint density at radius 1 is 1.18 bits per heavy atom. The molecule has 0 saturated carbocycles. The van der Waals surface area contributed by atoms with Crippen molar-refractivity contribution >= 4 is 35.1 Å². The normalized spacial score (nSPS) is 17.4. The Labute approximate surface area is 173 Å². The molecule has 1 unspecified atom stereocenters. The van der Waals surface area contributed by atoms with Crippen molar-refractivity contribution in [2.75, 3.05) is 13.8 Å². The molecule has 0 spiro atoms. The summed E-state index contributed by atoms with van der Waals surface area (Å²) in [4.78, 5) is 25.5. The molecule has 0 aromatic heterocycles. The molecular weight excluding hydrogens is 408 g/mol.